The van der Waals surface area contributed by atoms with Crippen LogP contribution in [0.4, 0.5) is 10.1 Å². The smallest absolute Gasteiger partial charge is 0.129 e. The van der Waals surface area contributed by atoms with Crippen LogP contribution in [-0.4, -0.2) is 47.7 Å². The minimum Gasteiger partial charge on any atom is -0.387 e. The number of nitrogens with zero attached hydrogens (tertiary/aromatic N) is 3. The Kier molecular flexibility index (Phi) is 4.65. The van der Waals surface area contributed by atoms with E-state index in [9.17, 15) is 9.50 Å². The van der Waals surface area contributed by atoms with E-state index in [1.165, 1.54) is 11.8 Å². The van der Waals surface area contributed by atoms with Gasteiger partial charge in [-0.3, -0.25) is 9.88 Å². The van der Waals surface area contributed by atoms with E-state index in [1.54, 1.807) is 30.6 Å². The Morgan fingerprint density at radius 3 is 2.41 bits per heavy atom. The molecular formula is C17H20FN3O. The summed E-state index contributed by atoms with van der Waals surface area (Å²) in [6.07, 6.45) is 2.81. The zero-order valence-corrected chi connectivity index (χ0v) is 12.4. The highest BCUT2D eigenvalue weighted by atomic mass is 19.1. The molecular weight excluding hydrogens is 281 g/mol. The number of benzene rings is 1. The molecule has 0 aliphatic carbocycles. The second-order valence-electron chi connectivity index (χ2n) is 5.53. The Bertz CT molecular complexity index is 600. The van der Waals surface area contributed by atoms with E-state index in [0.717, 1.165) is 26.2 Å². The average molecular weight is 301 g/mol. The van der Waals surface area contributed by atoms with Crippen LogP contribution in [0, 0.1) is 5.82 Å². The highest BCUT2D eigenvalue weighted by Crippen LogP contribution is 2.20. The summed E-state index contributed by atoms with van der Waals surface area (Å²) in [5, 5.41) is 10.2. The molecule has 116 valence electrons. The van der Waals surface area contributed by atoms with Gasteiger partial charge in [-0.15, -0.1) is 0 Å². The molecule has 0 spiro atoms. The number of hydrogen-bond donors (Lipinski definition) is 1. The van der Waals surface area contributed by atoms with Gasteiger partial charge in [-0.2, -0.15) is 0 Å². The minimum atomic E-state index is -0.784. The minimum absolute atomic E-state index is 0.342. The molecule has 1 aliphatic heterocycles. The fourth-order valence-corrected chi connectivity index (χ4v) is 2.83. The molecule has 5 heteroatoms. The molecule has 1 aromatic heterocycles. The van der Waals surface area contributed by atoms with Gasteiger partial charge in [0.2, 0.25) is 0 Å². The lowest BCUT2D eigenvalue weighted by atomic mass is 10.1. The first-order valence-electron chi connectivity index (χ1n) is 7.54. The number of halogens is 1. The van der Waals surface area contributed by atoms with Crippen molar-refractivity contribution in [1.82, 2.24) is 9.88 Å². The van der Waals surface area contributed by atoms with Gasteiger partial charge in [0.25, 0.3) is 0 Å². The molecule has 1 atom stereocenters. The fourth-order valence-electron chi connectivity index (χ4n) is 2.83. The first kappa shape index (κ1) is 14.9. The Labute approximate surface area is 129 Å². The maximum absolute atomic E-state index is 13.7. The van der Waals surface area contributed by atoms with Gasteiger partial charge in [0.05, 0.1) is 6.10 Å². The molecule has 0 saturated carbocycles. The van der Waals surface area contributed by atoms with Crippen LogP contribution in [0.15, 0.2) is 48.8 Å². The topological polar surface area (TPSA) is 39.6 Å². The normalized spacial score (nSPS) is 17.5. The summed E-state index contributed by atoms with van der Waals surface area (Å²) in [6, 6.07) is 10.4. The van der Waals surface area contributed by atoms with Crippen molar-refractivity contribution >= 4 is 5.69 Å². The van der Waals surface area contributed by atoms with Gasteiger partial charge >= 0.3 is 0 Å². The van der Waals surface area contributed by atoms with Gasteiger partial charge in [0.15, 0.2) is 0 Å². The number of pyridine rings is 1. The summed E-state index contributed by atoms with van der Waals surface area (Å²) < 4.78 is 13.7. The van der Waals surface area contributed by atoms with Gasteiger partial charge < -0.3 is 10.0 Å². The van der Waals surface area contributed by atoms with E-state index in [4.69, 9.17) is 0 Å². The van der Waals surface area contributed by atoms with Gasteiger partial charge in [0, 0.05) is 56.4 Å². The van der Waals surface area contributed by atoms with Gasteiger partial charge in [0.1, 0.15) is 5.82 Å². The summed E-state index contributed by atoms with van der Waals surface area (Å²) in [4.78, 5) is 8.51. The largest absolute Gasteiger partial charge is 0.387 e. The summed E-state index contributed by atoms with van der Waals surface area (Å²) in [6.45, 7) is 3.97. The number of aliphatic hydroxyl groups excluding tert-OH is 1. The molecule has 0 amide bonds. The van der Waals surface area contributed by atoms with Crippen molar-refractivity contribution in [3.05, 3.63) is 60.2 Å². The number of anilines is 1. The highest BCUT2D eigenvalue weighted by molar-refractivity contribution is 5.44. The molecule has 1 N–H and O–H groups in total. The van der Waals surface area contributed by atoms with Crippen molar-refractivity contribution in [1.29, 1.82) is 0 Å². The molecule has 2 heterocycles. The molecule has 0 radical (unpaired) electrons. The maximum Gasteiger partial charge on any atom is 0.129 e. The van der Waals surface area contributed by atoms with Gasteiger partial charge in [-0.1, -0.05) is 18.2 Å². The van der Waals surface area contributed by atoms with E-state index >= 15 is 0 Å². The molecule has 3 rings (SSSR count). The van der Waals surface area contributed by atoms with Crippen molar-refractivity contribution < 1.29 is 9.50 Å². The molecule has 1 unspecified atom stereocenters. The number of β-amino-alcohol motifs (C(OH)–C–C–N with tert-alkyl or cyclic N) is 1. The standard InChI is InChI=1S/C17H20FN3O/c18-16-4-2-1-3-15(16)17(22)13-20-9-11-21(12-10-20)14-5-7-19-8-6-14/h1-8,17,22H,9-13H2. The molecule has 1 aliphatic rings. The molecule has 1 saturated heterocycles. The lowest BCUT2D eigenvalue weighted by molar-refractivity contribution is 0.106. The van der Waals surface area contributed by atoms with Crippen LogP contribution in [0.1, 0.15) is 11.7 Å². The third-order valence-corrected chi connectivity index (χ3v) is 4.10. The molecule has 1 fully saturated rings. The third kappa shape index (κ3) is 3.43. The first-order chi connectivity index (χ1) is 10.7. The summed E-state index contributed by atoms with van der Waals surface area (Å²) >= 11 is 0. The van der Waals surface area contributed by atoms with Crippen LogP contribution in [0.25, 0.3) is 0 Å². The Balaban J connectivity index is 1.55. The van der Waals surface area contributed by atoms with Crippen LogP contribution in [0.5, 0.6) is 0 Å². The lowest BCUT2D eigenvalue weighted by Crippen LogP contribution is -2.47. The molecule has 22 heavy (non-hydrogen) atoms. The van der Waals surface area contributed by atoms with Crippen molar-refractivity contribution in [2.75, 3.05) is 37.6 Å². The van der Waals surface area contributed by atoms with Crippen molar-refractivity contribution in [2.45, 2.75) is 6.10 Å². The fraction of sp³-hybridized carbons (Fsp3) is 0.353. The predicted octanol–water partition coefficient (Wildman–Crippen LogP) is 2.08. The van der Waals surface area contributed by atoms with Crippen molar-refractivity contribution in [2.24, 2.45) is 0 Å². The third-order valence-electron chi connectivity index (χ3n) is 4.10. The Morgan fingerprint density at radius 1 is 1.05 bits per heavy atom. The quantitative estimate of drug-likeness (QED) is 0.938. The second kappa shape index (κ2) is 6.85. The van der Waals surface area contributed by atoms with Crippen molar-refractivity contribution in [3.8, 4) is 0 Å². The number of hydrogen-bond acceptors (Lipinski definition) is 4. The molecule has 0 bridgehead atoms. The van der Waals surface area contributed by atoms with Gasteiger partial charge in [-0.05, 0) is 18.2 Å². The van der Waals surface area contributed by atoms with Crippen LogP contribution in [-0.2, 0) is 0 Å². The van der Waals surface area contributed by atoms with Crippen LogP contribution in [0.3, 0.4) is 0 Å². The van der Waals surface area contributed by atoms with E-state index in [0.29, 0.717) is 12.1 Å². The maximum atomic E-state index is 13.7. The summed E-state index contributed by atoms with van der Waals surface area (Å²) in [5.41, 5.74) is 1.54. The first-order valence-corrected chi connectivity index (χ1v) is 7.54. The van der Waals surface area contributed by atoms with Crippen LogP contribution >= 0.6 is 0 Å². The second-order valence-corrected chi connectivity index (χ2v) is 5.53. The number of aliphatic hydroxyl groups is 1. The highest BCUT2D eigenvalue weighted by Gasteiger charge is 2.21. The number of piperazine rings is 1. The molecule has 2 aromatic rings. The van der Waals surface area contributed by atoms with Gasteiger partial charge in [-0.25, -0.2) is 4.39 Å². The Morgan fingerprint density at radius 2 is 1.73 bits per heavy atom. The zero-order chi connectivity index (χ0) is 15.4. The summed E-state index contributed by atoms with van der Waals surface area (Å²) in [5.74, 6) is -0.342. The number of rotatable bonds is 4. The average Bonchev–Trinajstić information content (AvgIpc) is 2.57. The van der Waals surface area contributed by atoms with E-state index in [-0.39, 0.29) is 5.82 Å². The SMILES string of the molecule is OC(CN1CCN(c2ccncc2)CC1)c1ccccc1F. The Hall–Kier alpha value is -1.98. The van der Waals surface area contributed by atoms with E-state index in [2.05, 4.69) is 14.8 Å². The lowest BCUT2D eigenvalue weighted by Gasteiger charge is -2.36. The van der Waals surface area contributed by atoms with Crippen molar-refractivity contribution in [3.63, 3.8) is 0 Å². The van der Waals surface area contributed by atoms with Crippen LogP contribution < -0.4 is 4.90 Å². The van der Waals surface area contributed by atoms with E-state index < -0.39 is 6.10 Å². The molecule has 1 aromatic carbocycles. The zero-order valence-electron chi connectivity index (χ0n) is 12.4. The summed E-state index contributed by atoms with van der Waals surface area (Å²) in [7, 11) is 0. The monoisotopic (exact) mass is 301 g/mol. The number of aromatic nitrogens is 1. The van der Waals surface area contributed by atoms with Crippen LogP contribution in [0.2, 0.25) is 0 Å². The predicted molar refractivity (Wildman–Crippen MR) is 84.2 cm³/mol. The molecule has 4 nitrogen and oxygen atoms in total. The van der Waals surface area contributed by atoms with E-state index in [1.807, 2.05) is 12.1 Å².